The van der Waals surface area contributed by atoms with Gasteiger partial charge in [-0.3, -0.25) is 9.69 Å². The van der Waals surface area contributed by atoms with Gasteiger partial charge < -0.3 is 9.84 Å². The summed E-state index contributed by atoms with van der Waals surface area (Å²) in [5.41, 5.74) is 0. The van der Waals surface area contributed by atoms with E-state index in [1.54, 1.807) is 11.3 Å². The third-order valence-electron chi connectivity index (χ3n) is 4.54. The van der Waals surface area contributed by atoms with Crippen molar-refractivity contribution in [3.05, 3.63) is 23.4 Å². The molecule has 24 heavy (non-hydrogen) atoms. The summed E-state index contributed by atoms with van der Waals surface area (Å²) >= 11 is 1.60. The molecule has 3 rings (SSSR count). The number of amides is 1. The van der Waals surface area contributed by atoms with Crippen LogP contribution in [0.3, 0.4) is 0 Å². The van der Waals surface area contributed by atoms with E-state index in [1.165, 1.54) is 0 Å². The average Bonchev–Trinajstić information content (AvgIpc) is 3.30. The van der Waals surface area contributed by atoms with Crippen molar-refractivity contribution in [2.75, 3.05) is 19.6 Å². The number of hydrogen-bond acceptors (Lipinski definition) is 6. The molecule has 130 valence electrons. The zero-order valence-corrected chi connectivity index (χ0v) is 15.0. The SMILES string of the molecule is CCCNC(=O)C1CCN(C(C)c2nc(-c3cccs3)no2)CC1. The number of piperidine rings is 1. The van der Waals surface area contributed by atoms with Gasteiger partial charge in [0, 0.05) is 12.5 Å². The number of aromatic nitrogens is 2. The van der Waals surface area contributed by atoms with Crippen molar-refractivity contribution in [2.24, 2.45) is 5.92 Å². The summed E-state index contributed by atoms with van der Waals surface area (Å²) < 4.78 is 5.46. The smallest absolute Gasteiger partial charge is 0.244 e. The van der Waals surface area contributed by atoms with Crippen LogP contribution in [0.4, 0.5) is 0 Å². The van der Waals surface area contributed by atoms with Gasteiger partial charge in [-0.15, -0.1) is 11.3 Å². The molecular weight excluding hydrogens is 324 g/mol. The van der Waals surface area contributed by atoms with Crippen molar-refractivity contribution in [3.8, 4) is 10.7 Å². The molecule has 2 aromatic heterocycles. The average molecular weight is 348 g/mol. The summed E-state index contributed by atoms with van der Waals surface area (Å²) in [5, 5.41) is 9.09. The Morgan fingerprint density at radius 2 is 2.29 bits per heavy atom. The molecule has 0 aromatic carbocycles. The Kier molecular flexibility index (Phi) is 5.63. The second kappa shape index (κ2) is 7.90. The van der Waals surface area contributed by atoms with E-state index in [0.29, 0.717) is 11.7 Å². The lowest BCUT2D eigenvalue weighted by molar-refractivity contribution is -0.126. The van der Waals surface area contributed by atoms with E-state index in [1.807, 2.05) is 17.5 Å². The fourth-order valence-corrected chi connectivity index (χ4v) is 3.66. The zero-order chi connectivity index (χ0) is 16.9. The molecule has 0 spiro atoms. The van der Waals surface area contributed by atoms with Crippen LogP contribution in [0.1, 0.15) is 45.0 Å². The summed E-state index contributed by atoms with van der Waals surface area (Å²) in [6.07, 6.45) is 2.74. The van der Waals surface area contributed by atoms with Gasteiger partial charge in [0.2, 0.25) is 17.6 Å². The molecule has 1 amide bonds. The Balaban J connectivity index is 1.55. The summed E-state index contributed by atoms with van der Waals surface area (Å²) in [7, 11) is 0. The highest BCUT2D eigenvalue weighted by molar-refractivity contribution is 7.13. The lowest BCUT2D eigenvalue weighted by atomic mass is 9.95. The van der Waals surface area contributed by atoms with Gasteiger partial charge in [-0.05, 0) is 50.7 Å². The number of likely N-dealkylation sites (tertiary alicyclic amines) is 1. The number of rotatable bonds is 6. The van der Waals surface area contributed by atoms with Gasteiger partial charge in [-0.1, -0.05) is 18.1 Å². The first-order valence-electron chi connectivity index (χ1n) is 8.58. The topological polar surface area (TPSA) is 71.3 Å². The molecule has 2 aromatic rings. The predicted molar refractivity (Wildman–Crippen MR) is 93.6 cm³/mol. The molecule has 0 radical (unpaired) electrons. The summed E-state index contributed by atoms with van der Waals surface area (Å²) in [5.74, 6) is 1.62. The van der Waals surface area contributed by atoms with Crippen LogP contribution in [-0.4, -0.2) is 40.6 Å². The highest BCUT2D eigenvalue weighted by atomic mass is 32.1. The molecule has 1 aliphatic heterocycles. The first kappa shape index (κ1) is 17.1. The molecule has 0 aliphatic carbocycles. The molecule has 6 nitrogen and oxygen atoms in total. The number of thiophene rings is 1. The lowest BCUT2D eigenvalue weighted by Crippen LogP contribution is -2.41. The second-order valence-corrected chi connectivity index (χ2v) is 7.16. The first-order valence-corrected chi connectivity index (χ1v) is 9.46. The van der Waals surface area contributed by atoms with Gasteiger partial charge >= 0.3 is 0 Å². The van der Waals surface area contributed by atoms with Crippen LogP contribution in [0.5, 0.6) is 0 Å². The standard InChI is InChI=1S/C17H24N4O2S/c1-3-8-18-16(22)13-6-9-21(10-7-13)12(2)17-19-15(20-23-17)14-5-4-11-24-14/h4-5,11-13H,3,6-10H2,1-2H3,(H,18,22). The molecule has 1 atom stereocenters. The molecule has 1 fully saturated rings. The highest BCUT2D eigenvalue weighted by Gasteiger charge is 2.29. The maximum absolute atomic E-state index is 12.1. The number of carbonyl (C=O) groups excluding carboxylic acids is 1. The normalized spacial score (nSPS) is 17.8. The van der Waals surface area contributed by atoms with Crippen LogP contribution in [-0.2, 0) is 4.79 Å². The third kappa shape index (κ3) is 3.84. The van der Waals surface area contributed by atoms with Gasteiger partial charge in [0.25, 0.3) is 0 Å². The van der Waals surface area contributed by atoms with E-state index >= 15 is 0 Å². The van der Waals surface area contributed by atoms with Crippen LogP contribution in [0.25, 0.3) is 10.7 Å². The molecule has 7 heteroatoms. The van der Waals surface area contributed by atoms with Gasteiger partial charge in [0.15, 0.2) is 0 Å². The van der Waals surface area contributed by atoms with E-state index in [0.717, 1.165) is 43.8 Å². The largest absolute Gasteiger partial charge is 0.356 e. The molecule has 1 unspecified atom stereocenters. The van der Waals surface area contributed by atoms with Crippen LogP contribution < -0.4 is 5.32 Å². The Morgan fingerprint density at radius 3 is 2.96 bits per heavy atom. The van der Waals surface area contributed by atoms with E-state index in [9.17, 15) is 4.79 Å². The summed E-state index contributed by atoms with van der Waals surface area (Å²) in [4.78, 5) is 19.9. The fourth-order valence-electron chi connectivity index (χ4n) is 3.01. The van der Waals surface area contributed by atoms with Gasteiger partial charge in [0.05, 0.1) is 10.9 Å². The summed E-state index contributed by atoms with van der Waals surface area (Å²) in [6.45, 7) is 6.68. The molecule has 1 N–H and O–H groups in total. The molecule has 3 heterocycles. The van der Waals surface area contributed by atoms with Crippen molar-refractivity contribution in [3.63, 3.8) is 0 Å². The van der Waals surface area contributed by atoms with E-state index < -0.39 is 0 Å². The maximum Gasteiger partial charge on any atom is 0.244 e. The maximum atomic E-state index is 12.1. The Bertz CT molecular complexity index is 647. The third-order valence-corrected chi connectivity index (χ3v) is 5.40. The second-order valence-electron chi connectivity index (χ2n) is 6.21. The Morgan fingerprint density at radius 1 is 1.50 bits per heavy atom. The van der Waals surface area contributed by atoms with Crippen LogP contribution >= 0.6 is 11.3 Å². The molecule has 0 bridgehead atoms. The van der Waals surface area contributed by atoms with E-state index in [-0.39, 0.29) is 17.9 Å². The quantitative estimate of drug-likeness (QED) is 0.868. The monoisotopic (exact) mass is 348 g/mol. The molecule has 1 aliphatic rings. The zero-order valence-electron chi connectivity index (χ0n) is 14.2. The Labute approximate surface area is 146 Å². The van der Waals surface area contributed by atoms with Gasteiger partial charge in [-0.25, -0.2) is 0 Å². The number of nitrogens with one attached hydrogen (secondary N) is 1. The molecule has 1 saturated heterocycles. The van der Waals surface area contributed by atoms with Gasteiger partial charge in [0.1, 0.15) is 0 Å². The fraction of sp³-hybridized carbons (Fsp3) is 0.588. The predicted octanol–water partition coefficient (Wildman–Crippen LogP) is 3.10. The van der Waals surface area contributed by atoms with Gasteiger partial charge in [-0.2, -0.15) is 4.98 Å². The van der Waals surface area contributed by atoms with Crippen LogP contribution in [0, 0.1) is 5.92 Å². The van der Waals surface area contributed by atoms with E-state index in [4.69, 9.17) is 4.52 Å². The molecular formula is C17H24N4O2S. The van der Waals surface area contributed by atoms with Crippen LogP contribution in [0.2, 0.25) is 0 Å². The number of hydrogen-bond donors (Lipinski definition) is 1. The lowest BCUT2D eigenvalue weighted by Gasteiger charge is -2.33. The Hall–Kier alpha value is -1.73. The van der Waals surface area contributed by atoms with Crippen molar-refractivity contribution < 1.29 is 9.32 Å². The minimum absolute atomic E-state index is 0.0749. The van der Waals surface area contributed by atoms with E-state index in [2.05, 4.69) is 34.2 Å². The number of nitrogens with zero attached hydrogens (tertiary/aromatic N) is 3. The number of carbonyl (C=O) groups is 1. The minimum atomic E-state index is 0.0749. The summed E-state index contributed by atoms with van der Waals surface area (Å²) in [6, 6.07) is 4.05. The van der Waals surface area contributed by atoms with Crippen molar-refractivity contribution in [1.82, 2.24) is 20.4 Å². The highest BCUT2D eigenvalue weighted by Crippen LogP contribution is 2.28. The van der Waals surface area contributed by atoms with Crippen molar-refractivity contribution in [1.29, 1.82) is 0 Å². The van der Waals surface area contributed by atoms with Crippen molar-refractivity contribution >= 4 is 17.2 Å². The van der Waals surface area contributed by atoms with Crippen molar-refractivity contribution in [2.45, 2.75) is 39.2 Å². The molecule has 0 saturated carbocycles. The van der Waals surface area contributed by atoms with Crippen LogP contribution in [0.15, 0.2) is 22.0 Å². The minimum Gasteiger partial charge on any atom is -0.356 e. The first-order chi connectivity index (χ1) is 11.7.